The van der Waals surface area contributed by atoms with E-state index in [4.69, 9.17) is 17.0 Å². The minimum Gasteiger partial charge on any atom is -0.450 e. The van der Waals surface area contributed by atoms with Gasteiger partial charge in [0.25, 0.3) is 0 Å². The number of carbonyl (C=O) groups is 1. The van der Waals surface area contributed by atoms with Gasteiger partial charge in [-0.1, -0.05) is 24.3 Å². The Morgan fingerprint density at radius 2 is 1.59 bits per heavy atom. The molecule has 0 saturated carbocycles. The van der Waals surface area contributed by atoms with Crippen LogP contribution in [-0.2, 0) is 14.6 Å². The van der Waals surface area contributed by atoms with Crippen molar-refractivity contribution in [2.75, 3.05) is 28.7 Å². The first-order valence-electron chi connectivity index (χ1n) is 9.27. The van der Waals surface area contributed by atoms with Crippen molar-refractivity contribution < 1.29 is 17.9 Å². The first-order chi connectivity index (χ1) is 13.8. The molecule has 0 radical (unpaired) electrons. The lowest BCUT2D eigenvalue weighted by Crippen LogP contribution is -2.38. The average molecular weight is 434 g/mol. The number of anilines is 2. The van der Waals surface area contributed by atoms with Crippen LogP contribution >= 0.6 is 12.2 Å². The van der Waals surface area contributed by atoms with Gasteiger partial charge < -0.3 is 15.4 Å². The predicted molar refractivity (Wildman–Crippen MR) is 119 cm³/mol. The zero-order valence-corrected chi connectivity index (χ0v) is 17.6. The van der Waals surface area contributed by atoms with Crippen molar-refractivity contribution in [1.82, 2.24) is 5.32 Å². The molecule has 0 aliphatic carbocycles. The average Bonchev–Trinajstić information content (AvgIpc) is 3.01. The zero-order chi connectivity index (χ0) is 20.9. The molecule has 3 rings (SSSR count). The molecule has 1 amide bonds. The van der Waals surface area contributed by atoms with Crippen LogP contribution in [0.25, 0.3) is 11.1 Å². The van der Waals surface area contributed by atoms with E-state index in [1.807, 2.05) is 48.5 Å². The molecule has 3 N–H and O–H groups in total. The summed E-state index contributed by atoms with van der Waals surface area (Å²) in [5.41, 5.74) is 3.49. The fourth-order valence-electron chi connectivity index (χ4n) is 3.04. The van der Waals surface area contributed by atoms with Gasteiger partial charge in [-0.05, 0) is 61.0 Å². The number of sulfone groups is 1. The Hall–Kier alpha value is -2.65. The number of rotatable bonds is 5. The Morgan fingerprint density at radius 3 is 2.07 bits per heavy atom. The highest BCUT2D eigenvalue weighted by atomic mass is 32.2. The van der Waals surface area contributed by atoms with Gasteiger partial charge in [0.05, 0.1) is 18.1 Å². The summed E-state index contributed by atoms with van der Waals surface area (Å²) in [4.78, 5) is 11.4. The standard InChI is InChI=1S/C20H23N3O4S2/c1-2-27-20(24)23-17-9-5-15(6-10-17)14-3-7-16(8-4-14)21-19(28)22-18-11-12-29(25,26)13-18/h3-10,18H,2,11-13H2,1H3,(H,23,24)(H2,21,22,28). The molecule has 7 nitrogen and oxygen atoms in total. The van der Waals surface area contributed by atoms with Crippen LogP contribution in [0.15, 0.2) is 48.5 Å². The molecule has 154 valence electrons. The van der Waals surface area contributed by atoms with Crippen molar-refractivity contribution in [3.8, 4) is 11.1 Å². The van der Waals surface area contributed by atoms with E-state index in [-0.39, 0.29) is 17.5 Å². The highest BCUT2D eigenvalue weighted by Crippen LogP contribution is 2.23. The number of ether oxygens (including phenoxy) is 1. The molecule has 1 unspecified atom stereocenters. The lowest BCUT2D eigenvalue weighted by Gasteiger charge is -2.15. The van der Waals surface area contributed by atoms with Crippen LogP contribution in [0.4, 0.5) is 16.2 Å². The SMILES string of the molecule is CCOC(=O)Nc1ccc(-c2ccc(NC(=S)NC3CCS(=O)(=O)C3)cc2)cc1. The van der Waals surface area contributed by atoms with Crippen LogP contribution in [0.5, 0.6) is 0 Å². The molecule has 0 spiro atoms. The van der Waals surface area contributed by atoms with Gasteiger partial charge >= 0.3 is 6.09 Å². The molecule has 1 aliphatic rings. The molecule has 1 fully saturated rings. The number of amides is 1. The van der Waals surface area contributed by atoms with Gasteiger partial charge in [-0.3, -0.25) is 5.32 Å². The largest absolute Gasteiger partial charge is 0.450 e. The molecule has 0 aromatic heterocycles. The molecule has 9 heteroatoms. The number of hydrogen-bond acceptors (Lipinski definition) is 5. The Balaban J connectivity index is 1.55. The molecule has 1 heterocycles. The predicted octanol–water partition coefficient (Wildman–Crippen LogP) is 3.40. The fraction of sp³-hybridized carbons (Fsp3) is 0.300. The highest BCUT2D eigenvalue weighted by molar-refractivity contribution is 7.91. The second kappa shape index (κ2) is 9.23. The topological polar surface area (TPSA) is 96.5 Å². The van der Waals surface area contributed by atoms with Crippen LogP contribution in [0, 0.1) is 0 Å². The van der Waals surface area contributed by atoms with Gasteiger partial charge in [-0.2, -0.15) is 0 Å². The van der Waals surface area contributed by atoms with Crippen molar-refractivity contribution >= 4 is 44.6 Å². The molecule has 0 bridgehead atoms. The number of nitrogens with one attached hydrogen (secondary N) is 3. The maximum atomic E-state index is 11.5. The maximum absolute atomic E-state index is 11.5. The third-order valence-electron chi connectivity index (χ3n) is 4.45. The molecular formula is C20H23N3O4S2. The first kappa shape index (κ1) is 21.1. The zero-order valence-electron chi connectivity index (χ0n) is 16.0. The maximum Gasteiger partial charge on any atom is 0.411 e. The lowest BCUT2D eigenvalue weighted by molar-refractivity contribution is 0.168. The van der Waals surface area contributed by atoms with Gasteiger partial charge in [0.1, 0.15) is 0 Å². The van der Waals surface area contributed by atoms with E-state index < -0.39 is 15.9 Å². The molecule has 1 aliphatic heterocycles. The van der Waals surface area contributed by atoms with Crippen molar-refractivity contribution in [3.05, 3.63) is 48.5 Å². The number of carbonyl (C=O) groups excluding carboxylic acids is 1. The first-order valence-corrected chi connectivity index (χ1v) is 11.5. The molecule has 2 aromatic rings. The minimum absolute atomic E-state index is 0.120. The van der Waals surface area contributed by atoms with E-state index in [0.717, 1.165) is 16.8 Å². The quantitative estimate of drug-likeness (QED) is 0.622. The third kappa shape index (κ3) is 6.16. The van der Waals surface area contributed by atoms with E-state index in [1.54, 1.807) is 6.92 Å². The van der Waals surface area contributed by atoms with Crippen LogP contribution in [0.1, 0.15) is 13.3 Å². The smallest absolute Gasteiger partial charge is 0.411 e. The van der Waals surface area contributed by atoms with Crippen LogP contribution in [-0.4, -0.2) is 43.8 Å². The normalized spacial score (nSPS) is 17.3. The third-order valence-corrected chi connectivity index (χ3v) is 6.44. The van der Waals surface area contributed by atoms with Gasteiger partial charge in [-0.25, -0.2) is 13.2 Å². The second-order valence-electron chi connectivity index (χ2n) is 6.70. The number of benzene rings is 2. The summed E-state index contributed by atoms with van der Waals surface area (Å²) in [7, 11) is -2.94. The molecular weight excluding hydrogens is 410 g/mol. The van der Waals surface area contributed by atoms with Crippen LogP contribution in [0.2, 0.25) is 0 Å². The summed E-state index contributed by atoms with van der Waals surface area (Å²) < 4.78 is 27.9. The Bertz CT molecular complexity index is 974. The lowest BCUT2D eigenvalue weighted by atomic mass is 10.1. The second-order valence-corrected chi connectivity index (χ2v) is 9.34. The van der Waals surface area contributed by atoms with Crippen molar-refractivity contribution in [2.45, 2.75) is 19.4 Å². The van der Waals surface area contributed by atoms with Crippen LogP contribution < -0.4 is 16.0 Å². The Kier molecular flexibility index (Phi) is 6.71. The van der Waals surface area contributed by atoms with Crippen molar-refractivity contribution in [2.24, 2.45) is 0 Å². The summed E-state index contributed by atoms with van der Waals surface area (Å²) >= 11 is 5.28. The highest BCUT2D eigenvalue weighted by Gasteiger charge is 2.28. The molecule has 29 heavy (non-hydrogen) atoms. The van der Waals surface area contributed by atoms with E-state index >= 15 is 0 Å². The summed E-state index contributed by atoms with van der Waals surface area (Å²) in [5.74, 6) is 0.324. The molecule has 1 saturated heterocycles. The van der Waals surface area contributed by atoms with Crippen LogP contribution in [0.3, 0.4) is 0 Å². The summed E-state index contributed by atoms with van der Waals surface area (Å²) in [6.45, 7) is 2.08. The number of hydrogen-bond donors (Lipinski definition) is 3. The summed E-state index contributed by atoms with van der Waals surface area (Å²) in [6, 6.07) is 15.0. The van der Waals surface area contributed by atoms with E-state index in [9.17, 15) is 13.2 Å². The van der Waals surface area contributed by atoms with E-state index in [1.165, 1.54) is 0 Å². The van der Waals surface area contributed by atoms with Crippen molar-refractivity contribution in [1.29, 1.82) is 0 Å². The molecule has 2 aromatic carbocycles. The fourth-order valence-corrected chi connectivity index (χ4v) is 5.00. The Labute approximate surface area is 175 Å². The molecule has 1 atom stereocenters. The van der Waals surface area contributed by atoms with Gasteiger partial charge in [0.15, 0.2) is 14.9 Å². The Morgan fingerprint density at radius 1 is 1.03 bits per heavy atom. The van der Waals surface area contributed by atoms with Crippen molar-refractivity contribution in [3.63, 3.8) is 0 Å². The monoisotopic (exact) mass is 433 g/mol. The van der Waals surface area contributed by atoms with E-state index in [0.29, 0.717) is 23.8 Å². The minimum atomic E-state index is -2.94. The van der Waals surface area contributed by atoms with Gasteiger partial charge in [-0.15, -0.1) is 0 Å². The summed E-state index contributed by atoms with van der Waals surface area (Å²) in [6.07, 6.45) is 0.0971. The van der Waals surface area contributed by atoms with Gasteiger partial charge in [0.2, 0.25) is 0 Å². The van der Waals surface area contributed by atoms with E-state index in [2.05, 4.69) is 16.0 Å². The van der Waals surface area contributed by atoms with Gasteiger partial charge in [0, 0.05) is 17.4 Å². The number of thiocarbonyl (C=S) groups is 1. The summed E-state index contributed by atoms with van der Waals surface area (Å²) in [5, 5.41) is 9.21.